The summed E-state index contributed by atoms with van der Waals surface area (Å²) in [6, 6.07) is 0. The van der Waals surface area contributed by atoms with Crippen molar-refractivity contribution in [3.8, 4) is 0 Å². The second kappa shape index (κ2) is 8.72. The zero-order chi connectivity index (χ0) is 22.7. The molecule has 0 amide bonds. The van der Waals surface area contributed by atoms with Crippen molar-refractivity contribution >= 4 is 11.9 Å². The first-order chi connectivity index (χ1) is 12.4. The first-order valence-corrected chi connectivity index (χ1v) is 7.55. The number of alkyl halides is 10. The number of esters is 1. The van der Waals surface area contributed by atoms with Crippen LogP contribution < -0.4 is 0 Å². The molecule has 166 valence electrons. The number of rotatable bonds is 11. The average Bonchev–Trinajstić information content (AvgIpc) is 2.56. The number of carbonyl (C=O) groups is 2. The molecule has 0 rings (SSSR count). The Kier molecular flexibility index (Phi) is 8.17. The van der Waals surface area contributed by atoms with Crippen molar-refractivity contribution < 1.29 is 63.3 Å². The van der Waals surface area contributed by atoms with E-state index >= 15 is 0 Å². The molecule has 0 saturated carbocycles. The highest BCUT2D eigenvalue weighted by Gasteiger charge is 2.83. The predicted octanol–water partition coefficient (Wildman–Crippen LogP) is 4.47. The van der Waals surface area contributed by atoms with E-state index in [1.807, 2.05) is 0 Å². The van der Waals surface area contributed by atoms with Crippen LogP contribution in [0.25, 0.3) is 0 Å². The van der Waals surface area contributed by atoms with Gasteiger partial charge in [-0.2, -0.15) is 35.1 Å². The smallest absolute Gasteiger partial charge is 0.384 e. The molecule has 0 aromatic rings. The van der Waals surface area contributed by atoms with E-state index in [4.69, 9.17) is 5.11 Å². The highest BCUT2D eigenvalue weighted by molar-refractivity contribution is 5.74. The minimum Gasteiger partial charge on any atom is -0.481 e. The molecule has 0 bridgehead atoms. The summed E-state index contributed by atoms with van der Waals surface area (Å²) in [5.41, 5.74) is 0. The third-order valence-corrected chi connectivity index (χ3v) is 3.83. The van der Waals surface area contributed by atoms with E-state index in [2.05, 4.69) is 4.74 Å². The van der Waals surface area contributed by atoms with Crippen LogP contribution in [0.1, 0.15) is 26.7 Å². The van der Waals surface area contributed by atoms with Gasteiger partial charge in [-0.3, -0.25) is 9.59 Å². The van der Waals surface area contributed by atoms with E-state index in [1.165, 1.54) is 6.92 Å². The normalized spacial score (nSPS) is 16.0. The number of ether oxygens (including phenoxy) is 1. The van der Waals surface area contributed by atoms with Crippen LogP contribution >= 0.6 is 0 Å². The van der Waals surface area contributed by atoms with Gasteiger partial charge in [-0.25, -0.2) is 8.78 Å². The van der Waals surface area contributed by atoms with Crippen LogP contribution in [0, 0.1) is 11.8 Å². The molecule has 4 nitrogen and oxygen atoms in total. The quantitative estimate of drug-likeness (QED) is 0.382. The summed E-state index contributed by atoms with van der Waals surface area (Å²) in [6.45, 7) is -0.426. The SMILES string of the molecule is CCC(CC(C)C(=O)O)C(=O)OCC(F)(F)C(F)(F)C(F)(F)C(F)(F)C(F)F. The monoisotopic (exact) mass is 438 g/mol. The summed E-state index contributed by atoms with van der Waals surface area (Å²) in [5.74, 6) is -32.8. The van der Waals surface area contributed by atoms with E-state index in [1.54, 1.807) is 0 Å². The van der Waals surface area contributed by atoms with E-state index in [9.17, 15) is 53.5 Å². The molecular formula is C14H16F10O4. The van der Waals surface area contributed by atoms with Gasteiger partial charge in [-0.15, -0.1) is 0 Å². The molecule has 2 unspecified atom stereocenters. The van der Waals surface area contributed by atoms with Gasteiger partial charge in [0.2, 0.25) is 0 Å². The molecule has 28 heavy (non-hydrogen) atoms. The predicted molar refractivity (Wildman–Crippen MR) is 71.9 cm³/mol. The number of carboxylic acids is 1. The first-order valence-electron chi connectivity index (χ1n) is 7.55. The summed E-state index contributed by atoms with van der Waals surface area (Å²) >= 11 is 0. The lowest BCUT2D eigenvalue weighted by Crippen LogP contribution is -2.65. The molecule has 0 aliphatic heterocycles. The fourth-order valence-corrected chi connectivity index (χ4v) is 1.90. The van der Waals surface area contributed by atoms with Gasteiger partial charge >= 0.3 is 42.1 Å². The second-order valence-electron chi connectivity index (χ2n) is 5.96. The highest BCUT2D eigenvalue weighted by atomic mass is 19.4. The summed E-state index contributed by atoms with van der Waals surface area (Å²) in [4.78, 5) is 22.3. The third-order valence-electron chi connectivity index (χ3n) is 3.83. The first kappa shape index (κ1) is 26.2. The Morgan fingerprint density at radius 3 is 1.79 bits per heavy atom. The van der Waals surface area contributed by atoms with Crippen molar-refractivity contribution in [3.63, 3.8) is 0 Å². The zero-order valence-electron chi connectivity index (χ0n) is 14.3. The number of halogens is 10. The third kappa shape index (κ3) is 4.99. The van der Waals surface area contributed by atoms with Crippen molar-refractivity contribution in [2.75, 3.05) is 6.61 Å². The second-order valence-corrected chi connectivity index (χ2v) is 5.96. The fraction of sp³-hybridized carbons (Fsp3) is 0.857. The van der Waals surface area contributed by atoms with Crippen LogP contribution in [0.4, 0.5) is 43.9 Å². The molecule has 0 saturated heterocycles. The van der Waals surface area contributed by atoms with Gasteiger partial charge in [0.1, 0.15) is 0 Å². The van der Waals surface area contributed by atoms with Crippen molar-refractivity contribution in [1.29, 1.82) is 0 Å². The van der Waals surface area contributed by atoms with Gasteiger partial charge in [0.25, 0.3) is 0 Å². The largest absolute Gasteiger partial charge is 0.481 e. The summed E-state index contributed by atoms with van der Waals surface area (Å²) in [6.07, 6.45) is -6.07. The maximum Gasteiger partial charge on any atom is 0.384 e. The Bertz CT molecular complexity index is 564. The topological polar surface area (TPSA) is 63.6 Å². The van der Waals surface area contributed by atoms with Gasteiger partial charge in [0.15, 0.2) is 6.61 Å². The molecule has 0 fully saturated rings. The molecule has 0 aliphatic rings. The molecule has 0 spiro atoms. The van der Waals surface area contributed by atoms with Crippen molar-refractivity contribution in [1.82, 2.24) is 0 Å². The number of aliphatic carboxylic acids is 1. The Balaban J connectivity index is 5.40. The summed E-state index contributed by atoms with van der Waals surface area (Å²) < 4.78 is 133. The van der Waals surface area contributed by atoms with Crippen LogP contribution in [0.5, 0.6) is 0 Å². The molecule has 2 atom stereocenters. The standard InChI is InChI=1S/C14H16F10O4/c1-3-7(4-6(2)8(25)26)9(27)28-5-11(17,18)13(21,22)14(23,24)12(19,20)10(15)16/h6-7,10H,3-5H2,1-2H3,(H,25,26). The number of carboxylic acid groups (broad SMARTS) is 1. The molecule has 0 aromatic carbocycles. The van der Waals surface area contributed by atoms with Crippen LogP contribution in [0.3, 0.4) is 0 Å². The summed E-state index contributed by atoms with van der Waals surface area (Å²) in [5, 5.41) is 8.70. The number of hydrogen-bond acceptors (Lipinski definition) is 3. The van der Waals surface area contributed by atoms with E-state index < -0.39 is 66.9 Å². The number of hydrogen-bond donors (Lipinski definition) is 1. The maximum atomic E-state index is 13.4. The minimum absolute atomic E-state index is 0.210. The molecule has 1 N–H and O–H groups in total. The van der Waals surface area contributed by atoms with Gasteiger partial charge in [-0.1, -0.05) is 13.8 Å². The Morgan fingerprint density at radius 1 is 0.964 bits per heavy atom. The lowest BCUT2D eigenvalue weighted by atomic mass is 9.94. The van der Waals surface area contributed by atoms with Crippen LogP contribution in [0.2, 0.25) is 0 Å². The molecule has 0 radical (unpaired) electrons. The Morgan fingerprint density at radius 2 is 1.43 bits per heavy atom. The van der Waals surface area contributed by atoms with Gasteiger partial charge < -0.3 is 9.84 Å². The molecule has 0 aliphatic carbocycles. The minimum atomic E-state index is -7.17. The molecule has 0 aromatic heterocycles. The van der Waals surface area contributed by atoms with Crippen LogP contribution in [-0.2, 0) is 14.3 Å². The fourth-order valence-electron chi connectivity index (χ4n) is 1.90. The molecule has 0 heterocycles. The highest BCUT2D eigenvalue weighted by Crippen LogP contribution is 2.54. The zero-order valence-corrected chi connectivity index (χ0v) is 14.3. The van der Waals surface area contributed by atoms with Crippen LogP contribution in [-0.4, -0.2) is 53.8 Å². The van der Waals surface area contributed by atoms with Gasteiger partial charge in [-0.05, 0) is 12.8 Å². The van der Waals surface area contributed by atoms with Crippen molar-refractivity contribution in [2.45, 2.75) is 56.8 Å². The molecule has 14 heteroatoms. The Hall–Kier alpha value is -1.76. The molecular weight excluding hydrogens is 422 g/mol. The summed E-state index contributed by atoms with van der Waals surface area (Å²) in [7, 11) is 0. The van der Waals surface area contributed by atoms with Crippen LogP contribution in [0.15, 0.2) is 0 Å². The maximum absolute atomic E-state index is 13.4. The van der Waals surface area contributed by atoms with Crippen molar-refractivity contribution in [3.05, 3.63) is 0 Å². The Labute approximate surface area is 151 Å². The van der Waals surface area contributed by atoms with E-state index in [-0.39, 0.29) is 6.42 Å². The van der Waals surface area contributed by atoms with Crippen molar-refractivity contribution in [2.24, 2.45) is 11.8 Å². The lowest BCUT2D eigenvalue weighted by molar-refractivity contribution is -0.386. The van der Waals surface area contributed by atoms with E-state index in [0.717, 1.165) is 6.92 Å². The average molecular weight is 438 g/mol. The van der Waals surface area contributed by atoms with E-state index in [0.29, 0.717) is 0 Å². The number of carbonyl (C=O) groups excluding carboxylic acids is 1. The van der Waals surface area contributed by atoms with Gasteiger partial charge in [0.05, 0.1) is 11.8 Å². The lowest BCUT2D eigenvalue weighted by Gasteiger charge is -2.36. The van der Waals surface area contributed by atoms with Gasteiger partial charge in [0, 0.05) is 0 Å².